The van der Waals surface area contributed by atoms with E-state index in [1.807, 2.05) is 0 Å². The van der Waals surface area contributed by atoms with Gasteiger partial charge in [-0.1, -0.05) is 5.92 Å². The van der Waals surface area contributed by atoms with Gasteiger partial charge in [-0.25, -0.2) is 14.3 Å². The van der Waals surface area contributed by atoms with Crippen LogP contribution in [0.1, 0.15) is 28.4 Å². The summed E-state index contributed by atoms with van der Waals surface area (Å²) in [4.78, 5) is 24.3. The number of rotatable bonds is 6. The molecule has 2 rings (SSSR count). The van der Waals surface area contributed by atoms with Crippen LogP contribution in [0, 0.1) is 23.7 Å². The Morgan fingerprint density at radius 1 is 1.19 bits per heavy atom. The van der Waals surface area contributed by atoms with Crippen LogP contribution in [-0.2, 0) is 16.6 Å². The summed E-state index contributed by atoms with van der Waals surface area (Å²) in [5.41, 5.74) is 0.282. The van der Waals surface area contributed by atoms with Crippen molar-refractivity contribution >= 4 is 11.8 Å². The van der Waals surface area contributed by atoms with Crippen molar-refractivity contribution in [3.8, 4) is 23.7 Å². The third-order valence-corrected chi connectivity index (χ3v) is 4.42. The van der Waals surface area contributed by atoms with E-state index >= 15 is 0 Å². The number of amides is 2. The summed E-state index contributed by atoms with van der Waals surface area (Å²) in [5.74, 6) is 8.94. The van der Waals surface area contributed by atoms with Crippen LogP contribution in [0.5, 0.6) is 0 Å². The molecule has 2 amide bonds. The number of nitrogens with one attached hydrogen (secondary N) is 2. The Kier molecular flexibility index (Phi) is 7.86. The first-order valence-electron chi connectivity index (χ1n) is 8.90. The number of hydrogen-bond acceptors (Lipinski definition) is 5. The lowest BCUT2D eigenvalue weighted by Crippen LogP contribution is -2.62. The number of aromatic nitrogens is 2. The summed E-state index contributed by atoms with van der Waals surface area (Å²) in [7, 11) is 2.75. The molecule has 2 atom stereocenters. The first-order valence-corrected chi connectivity index (χ1v) is 8.90. The van der Waals surface area contributed by atoms with Crippen molar-refractivity contribution in [3.05, 3.63) is 53.3 Å². The molecule has 8 nitrogen and oxygen atoms in total. The maximum absolute atomic E-state index is 13.4. The lowest BCUT2D eigenvalue weighted by molar-refractivity contribution is -0.157. The molecule has 3 N–H and O–H groups in total. The number of carbonyl (C=O) groups excluding carboxylic acids is 2. The van der Waals surface area contributed by atoms with Crippen molar-refractivity contribution in [1.82, 2.24) is 20.6 Å². The molecule has 162 valence electrons. The number of aryl methyl sites for hydroxylation is 1. The second-order valence-corrected chi connectivity index (χ2v) is 6.55. The number of carbonyl (C=O) groups is 2. The van der Waals surface area contributed by atoms with E-state index in [1.54, 1.807) is 24.1 Å². The summed E-state index contributed by atoms with van der Waals surface area (Å²) in [6.07, 6.45) is 0.231. The molecular formula is C21H20F2N4O4. The fourth-order valence-corrected chi connectivity index (χ4v) is 2.48. The molecule has 0 radical (unpaired) electrons. The van der Waals surface area contributed by atoms with Crippen molar-refractivity contribution < 1.29 is 28.3 Å². The molecule has 0 saturated heterocycles. The van der Waals surface area contributed by atoms with Crippen molar-refractivity contribution in [2.45, 2.75) is 25.0 Å². The smallest absolute Gasteiger partial charge is 0.269 e. The molecule has 2 aromatic rings. The maximum atomic E-state index is 13.4. The van der Waals surface area contributed by atoms with Gasteiger partial charge in [-0.15, -0.1) is 0 Å². The standard InChI is InChI=1S/C21H20F2N4O4/c1-21(31-3,20(22)23)17(19(29)26-30)25-18(28)16-10-8-14(9-11-16)6-4-5-7-15-12-24-27(2)13-15/h8-13,17,20,30H,1-3H3,(H,25,28)(H,26,29). The first-order chi connectivity index (χ1) is 14.7. The molecule has 0 saturated carbocycles. The molecule has 0 aliphatic rings. The van der Waals surface area contributed by atoms with Crippen LogP contribution in [0.25, 0.3) is 0 Å². The van der Waals surface area contributed by atoms with Gasteiger partial charge in [0.15, 0.2) is 5.60 Å². The molecule has 2 unspecified atom stereocenters. The summed E-state index contributed by atoms with van der Waals surface area (Å²) in [5, 5.41) is 15.0. The Morgan fingerprint density at radius 2 is 1.81 bits per heavy atom. The maximum Gasteiger partial charge on any atom is 0.269 e. The van der Waals surface area contributed by atoms with E-state index < -0.39 is 29.9 Å². The Bertz CT molecular complexity index is 1060. The molecule has 0 aliphatic heterocycles. The molecule has 1 aromatic heterocycles. The predicted octanol–water partition coefficient (Wildman–Crippen LogP) is 1.10. The summed E-state index contributed by atoms with van der Waals surface area (Å²) < 4.78 is 33.2. The van der Waals surface area contributed by atoms with Crippen LogP contribution in [0.3, 0.4) is 0 Å². The molecule has 10 heteroatoms. The molecule has 0 aliphatic carbocycles. The Hall–Kier alpha value is -3.73. The van der Waals surface area contributed by atoms with Crippen LogP contribution in [-0.4, -0.2) is 52.0 Å². The average molecular weight is 430 g/mol. The molecule has 0 fully saturated rings. The summed E-state index contributed by atoms with van der Waals surface area (Å²) in [6, 6.07) is 4.05. The molecule has 0 spiro atoms. The summed E-state index contributed by atoms with van der Waals surface area (Å²) >= 11 is 0. The summed E-state index contributed by atoms with van der Waals surface area (Å²) in [6.45, 7) is 0.948. The van der Waals surface area contributed by atoms with Crippen LogP contribution >= 0.6 is 0 Å². The Morgan fingerprint density at radius 3 is 2.29 bits per heavy atom. The van der Waals surface area contributed by atoms with Gasteiger partial charge in [-0.05, 0) is 49.0 Å². The highest BCUT2D eigenvalue weighted by molar-refractivity contribution is 5.97. The number of benzene rings is 1. The highest BCUT2D eigenvalue weighted by atomic mass is 19.3. The lowest BCUT2D eigenvalue weighted by atomic mass is 9.95. The van der Waals surface area contributed by atoms with Gasteiger partial charge in [0.25, 0.3) is 18.2 Å². The van der Waals surface area contributed by atoms with E-state index in [4.69, 9.17) is 9.94 Å². The number of ether oxygens (including phenoxy) is 1. The third-order valence-electron chi connectivity index (χ3n) is 4.42. The van der Waals surface area contributed by atoms with Gasteiger partial charge in [0.05, 0.1) is 11.8 Å². The quantitative estimate of drug-likeness (QED) is 0.362. The highest BCUT2D eigenvalue weighted by Crippen LogP contribution is 2.24. The molecule has 0 bridgehead atoms. The number of alkyl halides is 2. The van der Waals surface area contributed by atoms with Gasteiger partial charge in [-0.2, -0.15) is 5.10 Å². The van der Waals surface area contributed by atoms with Crippen LogP contribution in [0.15, 0.2) is 36.7 Å². The van der Waals surface area contributed by atoms with E-state index in [-0.39, 0.29) is 5.56 Å². The number of nitrogens with zero attached hydrogens (tertiary/aromatic N) is 2. The Balaban J connectivity index is 2.13. The molecule has 1 heterocycles. The zero-order valence-corrected chi connectivity index (χ0v) is 16.9. The Labute approximate surface area is 177 Å². The second kappa shape index (κ2) is 10.3. The minimum absolute atomic E-state index is 0.0930. The molecular weight excluding hydrogens is 410 g/mol. The first kappa shape index (κ1) is 23.5. The number of hydroxylamine groups is 1. The van der Waals surface area contributed by atoms with Gasteiger partial charge in [0.2, 0.25) is 0 Å². The fraction of sp³-hybridized carbons (Fsp3) is 0.286. The SMILES string of the molecule is COC(C)(C(F)F)C(NC(=O)c1ccc(C#CC#Cc2cnn(C)c2)cc1)C(=O)NO. The van der Waals surface area contributed by atoms with Crippen LogP contribution < -0.4 is 10.8 Å². The minimum Gasteiger partial charge on any atom is -0.370 e. The molecule has 31 heavy (non-hydrogen) atoms. The zero-order valence-electron chi connectivity index (χ0n) is 16.9. The van der Waals surface area contributed by atoms with Gasteiger partial charge in [0.1, 0.15) is 6.04 Å². The molecule has 1 aromatic carbocycles. The monoisotopic (exact) mass is 430 g/mol. The van der Waals surface area contributed by atoms with Crippen molar-refractivity contribution in [2.75, 3.05) is 7.11 Å². The fourth-order valence-electron chi connectivity index (χ4n) is 2.48. The van der Waals surface area contributed by atoms with E-state index in [0.29, 0.717) is 5.56 Å². The van der Waals surface area contributed by atoms with Gasteiger partial charge >= 0.3 is 0 Å². The minimum atomic E-state index is -3.12. The zero-order chi connectivity index (χ0) is 23.0. The topological polar surface area (TPSA) is 105 Å². The highest BCUT2D eigenvalue weighted by Gasteiger charge is 2.48. The van der Waals surface area contributed by atoms with E-state index in [0.717, 1.165) is 19.6 Å². The van der Waals surface area contributed by atoms with Crippen molar-refractivity contribution in [2.24, 2.45) is 7.05 Å². The number of halogens is 2. The van der Waals surface area contributed by atoms with E-state index in [2.05, 4.69) is 34.1 Å². The third kappa shape index (κ3) is 5.89. The lowest BCUT2D eigenvalue weighted by Gasteiger charge is -2.34. The van der Waals surface area contributed by atoms with Crippen LogP contribution in [0.2, 0.25) is 0 Å². The van der Waals surface area contributed by atoms with Gasteiger partial charge < -0.3 is 10.1 Å². The largest absolute Gasteiger partial charge is 0.370 e. The average Bonchev–Trinajstić information content (AvgIpc) is 3.19. The van der Waals surface area contributed by atoms with Gasteiger partial charge in [-0.3, -0.25) is 19.5 Å². The second-order valence-electron chi connectivity index (χ2n) is 6.55. The van der Waals surface area contributed by atoms with Crippen LogP contribution in [0.4, 0.5) is 8.78 Å². The van der Waals surface area contributed by atoms with E-state index in [1.165, 1.54) is 29.7 Å². The number of hydrogen-bond donors (Lipinski definition) is 3. The van der Waals surface area contributed by atoms with Gasteiger partial charge in [0, 0.05) is 31.5 Å². The predicted molar refractivity (Wildman–Crippen MR) is 106 cm³/mol. The number of methoxy groups -OCH3 is 1. The van der Waals surface area contributed by atoms with E-state index in [9.17, 15) is 18.4 Å². The normalized spacial score (nSPS) is 13.1. The van der Waals surface area contributed by atoms with Crippen molar-refractivity contribution in [1.29, 1.82) is 0 Å². The van der Waals surface area contributed by atoms with Crippen molar-refractivity contribution in [3.63, 3.8) is 0 Å².